The normalized spacial score (nSPS) is 16.7. The zero-order valence-electron chi connectivity index (χ0n) is 27.7. The summed E-state index contributed by atoms with van der Waals surface area (Å²) in [6.07, 6.45) is -10.2. The summed E-state index contributed by atoms with van der Waals surface area (Å²) in [6, 6.07) is 0.745. The molecule has 1 aliphatic rings. The maximum absolute atomic E-state index is 12.6. The SMILES string of the molecule is C[C@H](OP(=O)(O)OC[C@@H](O)[C@@H](O)[C@@H](O)CN1c2cc(O)ccc2Cc2c1[nH]c(=O)[nH]c2=O)C(=O)N[C@@H](CCC(=O)N[C@@H](CCC(=O)O)C(=O)O)C(=O)O. The molecule has 53 heavy (non-hydrogen) atoms. The van der Waals surface area contributed by atoms with Crippen LogP contribution in [0, 0.1) is 0 Å². The number of carboxylic acids is 3. The van der Waals surface area contributed by atoms with E-state index in [-0.39, 0.29) is 29.2 Å². The van der Waals surface area contributed by atoms with Gasteiger partial charge in [0.05, 0.1) is 18.7 Å². The van der Waals surface area contributed by atoms with Gasteiger partial charge in [0.15, 0.2) is 0 Å². The number of rotatable bonds is 20. The third-order valence-electron chi connectivity index (χ3n) is 7.80. The molecule has 1 aliphatic heterocycles. The fourth-order valence-corrected chi connectivity index (χ4v) is 5.96. The Bertz CT molecular complexity index is 1870. The number of carbonyl (C=O) groups excluding carboxylic acids is 2. The van der Waals surface area contributed by atoms with Gasteiger partial charge in [-0.2, -0.15) is 0 Å². The molecule has 292 valence electrons. The van der Waals surface area contributed by atoms with Gasteiger partial charge in [-0.05, 0) is 31.4 Å². The number of anilines is 2. The van der Waals surface area contributed by atoms with Crippen molar-refractivity contribution in [2.75, 3.05) is 18.1 Å². The number of aliphatic carboxylic acids is 3. The number of phosphoric ester groups is 1. The highest BCUT2D eigenvalue weighted by Crippen LogP contribution is 2.45. The Morgan fingerprint density at radius 2 is 1.57 bits per heavy atom. The monoisotopic (exact) mass is 775 g/mol. The Balaban J connectivity index is 1.56. The van der Waals surface area contributed by atoms with Crippen molar-refractivity contribution in [2.24, 2.45) is 0 Å². The summed E-state index contributed by atoms with van der Waals surface area (Å²) in [6.45, 7) is -0.839. The Hall–Kier alpha value is -5.16. The maximum atomic E-state index is 12.6. The average Bonchev–Trinajstić information content (AvgIpc) is 3.06. The number of hydrogen-bond acceptors (Lipinski definition) is 15. The van der Waals surface area contributed by atoms with E-state index in [1.54, 1.807) is 0 Å². The number of phenols is 1. The van der Waals surface area contributed by atoms with E-state index >= 15 is 0 Å². The van der Waals surface area contributed by atoms with Gasteiger partial charge in [0.1, 0.15) is 48.1 Å². The van der Waals surface area contributed by atoms with Gasteiger partial charge in [-0.15, -0.1) is 0 Å². The lowest BCUT2D eigenvalue weighted by Crippen LogP contribution is -2.47. The van der Waals surface area contributed by atoms with Gasteiger partial charge in [0, 0.05) is 31.0 Å². The van der Waals surface area contributed by atoms with Gasteiger partial charge in [-0.1, -0.05) is 6.07 Å². The topological polar surface area (TPSA) is 376 Å². The molecule has 7 atom stereocenters. The van der Waals surface area contributed by atoms with Gasteiger partial charge >= 0.3 is 31.4 Å². The number of phenolic OH excluding ortho intramolecular Hbond substituents is 1. The molecule has 1 aromatic carbocycles. The first-order valence-corrected chi connectivity index (χ1v) is 17.1. The number of carbonyl (C=O) groups is 5. The van der Waals surface area contributed by atoms with Crippen LogP contribution in [0.1, 0.15) is 43.7 Å². The molecule has 0 aliphatic carbocycles. The fraction of sp³-hybridized carbons (Fsp3) is 0.483. The van der Waals surface area contributed by atoms with Crippen LogP contribution < -0.4 is 26.8 Å². The summed E-state index contributed by atoms with van der Waals surface area (Å²) in [5, 5.41) is 73.2. The number of amides is 2. The van der Waals surface area contributed by atoms with Gasteiger partial charge in [0.2, 0.25) is 11.8 Å². The summed E-state index contributed by atoms with van der Waals surface area (Å²) in [5.74, 6) is -7.02. The van der Waals surface area contributed by atoms with Gasteiger partial charge in [-0.3, -0.25) is 38.2 Å². The van der Waals surface area contributed by atoms with E-state index in [2.05, 4.69) is 14.5 Å². The fourth-order valence-electron chi connectivity index (χ4n) is 5.06. The van der Waals surface area contributed by atoms with E-state index < -0.39 is 124 Å². The Morgan fingerprint density at radius 1 is 0.943 bits per heavy atom. The number of carboxylic acid groups (broad SMARTS) is 3. The molecular formula is C29H38N5O18P. The number of nitrogens with one attached hydrogen (secondary N) is 4. The lowest BCUT2D eigenvalue weighted by atomic mass is 9.97. The van der Waals surface area contributed by atoms with Crippen molar-refractivity contribution in [2.45, 2.75) is 75.5 Å². The molecule has 0 saturated heterocycles. The van der Waals surface area contributed by atoms with Gasteiger partial charge < -0.3 is 56.2 Å². The summed E-state index contributed by atoms with van der Waals surface area (Å²) in [7, 11) is -5.24. The maximum Gasteiger partial charge on any atom is 0.473 e. The molecule has 1 aromatic heterocycles. The van der Waals surface area contributed by atoms with Crippen molar-refractivity contribution in [3.63, 3.8) is 0 Å². The number of nitrogens with zero attached hydrogens (tertiary/aromatic N) is 1. The van der Waals surface area contributed by atoms with Crippen molar-refractivity contribution in [1.29, 1.82) is 0 Å². The third-order valence-corrected chi connectivity index (χ3v) is 8.86. The number of H-pyrrole nitrogens is 2. The number of aliphatic hydroxyl groups is 3. The first-order valence-electron chi connectivity index (χ1n) is 15.6. The van der Waals surface area contributed by atoms with Crippen LogP contribution in [-0.4, -0.2) is 130 Å². The van der Waals surface area contributed by atoms with Crippen LogP contribution >= 0.6 is 7.82 Å². The van der Waals surface area contributed by atoms with E-state index in [1.165, 1.54) is 23.1 Å². The largest absolute Gasteiger partial charge is 0.508 e. The number of benzene rings is 1. The molecule has 0 radical (unpaired) electrons. The second-order valence-electron chi connectivity index (χ2n) is 11.8. The number of aromatic hydroxyl groups is 1. The predicted octanol–water partition coefficient (Wildman–Crippen LogP) is -2.80. The highest BCUT2D eigenvalue weighted by atomic mass is 31.2. The Labute approximate surface area is 297 Å². The molecule has 1 unspecified atom stereocenters. The Morgan fingerprint density at radius 3 is 2.19 bits per heavy atom. The number of β-amino-alcohol motifs (C(OH)–C–C–N with tert-alkyl or cyclic N) is 1. The zero-order valence-corrected chi connectivity index (χ0v) is 28.6. The summed E-state index contributed by atoms with van der Waals surface area (Å²) in [5.41, 5.74) is -0.807. The summed E-state index contributed by atoms with van der Waals surface area (Å²) < 4.78 is 21.9. The molecule has 2 heterocycles. The van der Waals surface area contributed by atoms with E-state index in [4.69, 9.17) is 14.7 Å². The molecule has 2 aromatic rings. The first kappa shape index (κ1) is 42.3. The lowest BCUT2D eigenvalue weighted by molar-refractivity contribution is -0.144. The van der Waals surface area contributed by atoms with Crippen LogP contribution in [0.3, 0.4) is 0 Å². The molecule has 23 nitrogen and oxygen atoms in total. The quantitative estimate of drug-likeness (QED) is 0.0604. The summed E-state index contributed by atoms with van der Waals surface area (Å²) in [4.78, 5) is 98.6. The Kier molecular flexibility index (Phi) is 14.4. The van der Waals surface area contributed by atoms with Gasteiger partial charge in [-0.25, -0.2) is 18.9 Å². The van der Waals surface area contributed by atoms with Crippen molar-refractivity contribution < 1.29 is 78.2 Å². The third kappa shape index (κ3) is 11.9. The number of aliphatic hydroxyl groups excluding tert-OH is 3. The highest BCUT2D eigenvalue weighted by molar-refractivity contribution is 7.47. The summed E-state index contributed by atoms with van der Waals surface area (Å²) >= 11 is 0. The molecule has 0 fully saturated rings. The van der Waals surface area contributed by atoms with Crippen LogP contribution in [0.2, 0.25) is 0 Å². The zero-order chi connectivity index (χ0) is 39.8. The molecule has 24 heteroatoms. The number of fused-ring (bicyclic) bond motifs is 2. The van der Waals surface area contributed by atoms with Crippen molar-refractivity contribution in [3.05, 3.63) is 50.2 Å². The van der Waals surface area contributed by atoms with E-state index in [9.17, 15) is 68.6 Å². The minimum Gasteiger partial charge on any atom is -0.508 e. The van der Waals surface area contributed by atoms with Crippen molar-refractivity contribution in [3.8, 4) is 5.75 Å². The minimum absolute atomic E-state index is 0.0333. The van der Waals surface area contributed by atoms with Crippen LogP contribution in [0.4, 0.5) is 11.5 Å². The molecule has 3 rings (SSSR count). The minimum atomic E-state index is -5.24. The van der Waals surface area contributed by atoms with Crippen LogP contribution in [0.25, 0.3) is 0 Å². The van der Waals surface area contributed by atoms with Crippen LogP contribution in [-0.2, 0) is 44.0 Å². The van der Waals surface area contributed by atoms with Crippen molar-refractivity contribution in [1.82, 2.24) is 20.6 Å². The van der Waals surface area contributed by atoms with E-state index in [0.29, 0.717) is 5.56 Å². The molecule has 0 bridgehead atoms. The standard InChI is InChI=1S/C29H38N5O18P/c1-12(25(42)31-17(28(46)47)4-6-21(38)30-16(27(44)45)5-7-22(39)40)52-53(49,50)51-11-20(37)23(41)19(36)10-34-18-9-14(35)3-2-13(18)8-15-24(34)32-29(48)33-26(15)43/h2-3,9,12,16-17,19-20,23,35-37,41H,4-8,10-11H2,1H3,(H,30,38)(H,31,42)(H,39,40)(H,44,45)(H,46,47)(H,49,50)(H2,32,33,43,48)/t12-,16-,17-,19-,20+,23-/m0/s1. The molecule has 0 spiro atoms. The number of aromatic amines is 2. The highest BCUT2D eigenvalue weighted by Gasteiger charge is 2.36. The molecular weight excluding hydrogens is 737 g/mol. The van der Waals surface area contributed by atoms with Crippen LogP contribution in [0.15, 0.2) is 27.8 Å². The second-order valence-corrected chi connectivity index (χ2v) is 13.2. The average molecular weight is 776 g/mol. The van der Waals surface area contributed by atoms with Crippen molar-refractivity contribution >= 4 is 49.1 Å². The molecule has 2 amide bonds. The predicted molar refractivity (Wildman–Crippen MR) is 175 cm³/mol. The van der Waals surface area contributed by atoms with E-state index in [0.717, 1.165) is 6.92 Å². The molecule has 0 saturated carbocycles. The van der Waals surface area contributed by atoms with Gasteiger partial charge in [0.25, 0.3) is 5.56 Å². The smallest absolute Gasteiger partial charge is 0.473 e. The van der Waals surface area contributed by atoms with Crippen LogP contribution in [0.5, 0.6) is 5.75 Å². The van der Waals surface area contributed by atoms with E-state index in [1.807, 2.05) is 10.6 Å². The number of aromatic nitrogens is 2. The number of phosphoric acid groups is 1. The lowest BCUT2D eigenvalue weighted by Gasteiger charge is -2.35. The molecule has 12 N–H and O–H groups in total. The number of hydrogen-bond donors (Lipinski definition) is 12. The first-order chi connectivity index (χ1) is 24.7. The second kappa shape index (κ2) is 18.1.